The number of ether oxygens (including phenoxy) is 2. The normalized spacial score (nSPS) is 20.2. The minimum atomic E-state index is -0.444. The zero-order valence-corrected chi connectivity index (χ0v) is 28.0. The summed E-state index contributed by atoms with van der Waals surface area (Å²) in [6, 6.07) is -0.427. The summed E-state index contributed by atoms with van der Waals surface area (Å²) < 4.78 is 11.8. The lowest BCUT2D eigenvalue weighted by molar-refractivity contribution is -0.146. The number of likely N-dealkylation sites (N-methyl/N-ethyl adjacent to an activating group) is 1. The molecule has 8 nitrogen and oxygen atoms in total. The molecule has 7 unspecified atom stereocenters. The molecule has 1 N–H and O–H groups in total. The molecule has 0 bridgehead atoms. The van der Waals surface area contributed by atoms with Crippen molar-refractivity contribution in [2.45, 2.75) is 105 Å². The Hall–Kier alpha value is -2.45. The monoisotopic (exact) mass is 589 g/mol. The molecule has 42 heavy (non-hydrogen) atoms. The summed E-state index contributed by atoms with van der Waals surface area (Å²) >= 11 is 0. The molecule has 0 radical (unpaired) electrons. The Bertz CT molecular complexity index is 930. The highest BCUT2D eigenvalue weighted by molar-refractivity contribution is 5.80. The maximum Gasteiger partial charge on any atom is 0.225 e. The van der Waals surface area contributed by atoms with Crippen LogP contribution in [-0.4, -0.2) is 86.2 Å². The van der Waals surface area contributed by atoms with E-state index >= 15 is 0 Å². The molecule has 240 valence electrons. The van der Waals surface area contributed by atoms with Crippen molar-refractivity contribution in [3.8, 4) is 0 Å². The summed E-state index contributed by atoms with van der Waals surface area (Å²) in [6.07, 6.45) is 9.94. The molecule has 1 fully saturated rings. The quantitative estimate of drug-likeness (QED) is 0.217. The molecule has 0 aliphatic carbocycles. The van der Waals surface area contributed by atoms with Crippen molar-refractivity contribution in [2.24, 2.45) is 23.7 Å². The summed E-state index contributed by atoms with van der Waals surface area (Å²) in [6.45, 7) is 19.1. The van der Waals surface area contributed by atoms with E-state index in [4.69, 9.17) is 9.47 Å². The topological polar surface area (TPSA) is 88.2 Å². The second-order valence-electron chi connectivity index (χ2n) is 12.3. The van der Waals surface area contributed by atoms with Crippen LogP contribution >= 0.6 is 0 Å². The molecule has 0 aromatic carbocycles. The minimum Gasteiger partial charge on any atom is -0.379 e. The fourth-order valence-electron chi connectivity index (χ4n) is 6.06. The predicted molar refractivity (Wildman–Crippen MR) is 171 cm³/mol. The van der Waals surface area contributed by atoms with Gasteiger partial charge in [0, 0.05) is 40.8 Å². The number of methoxy groups -OCH3 is 2. The molecule has 0 saturated carbocycles. The molecule has 1 aliphatic rings. The highest BCUT2D eigenvalue weighted by atomic mass is 16.5. The van der Waals surface area contributed by atoms with Crippen LogP contribution < -0.4 is 5.32 Å². The molecule has 3 amide bonds. The summed E-state index contributed by atoms with van der Waals surface area (Å²) in [4.78, 5) is 43.7. The van der Waals surface area contributed by atoms with Gasteiger partial charge in [-0.05, 0) is 43.1 Å². The van der Waals surface area contributed by atoms with Crippen LogP contribution in [0.2, 0.25) is 0 Å². The number of rotatable bonds is 18. The second-order valence-corrected chi connectivity index (χ2v) is 12.3. The number of likely N-dealkylation sites (tertiary alicyclic amines) is 1. The molecule has 7 atom stereocenters. The Morgan fingerprint density at radius 2 is 1.76 bits per heavy atom. The molecule has 1 rings (SSSR count). The maximum absolute atomic E-state index is 13.8. The average molecular weight is 590 g/mol. The van der Waals surface area contributed by atoms with Crippen molar-refractivity contribution >= 4 is 17.7 Å². The van der Waals surface area contributed by atoms with E-state index in [1.807, 2.05) is 57.9 Å². The lowest BCUT2D eigenvalue weighted by Gasteiger charge is -2.39. The molecule has 0 spiro atoms. The van der Waals surface area contributed by atoms with Crippen molar-refractivity contribution < 1.29 is 23.9 Å². The molecule has 0 aromatic heterocycles. The van der Waals surface area contributed by atoms with Crippen LogP contribution in [0, 0.1) is 23.7 Å². The first-order valence-electron chi connectivity index (χ1n) is 15.7. The van der Waals surface area contributed by atoms with Crippen molar-refractivity contribution in [2.75, 3.05) is 34.4 Å². The van der Waals surface area contributed by atoms with Gasteiger partial charge < -0.3 is 24.6 Å². The van der Waals surface area contributed by atoms with Gasteiger partial charge in [0.05, 0.1) is 36.6 Å². The van der Waals surface area contributed by atoms with Gasteiger partial charge in [-0.25, -0.2) is 0 Å². The maximum atomic E-state index is 13.8. The Balaban J connectivity index is 3.04. The molecule has 8 heteroatoms. The highest BCUT2D eigenvalue weighted by Crippen LogP contribution is 2.29. The van der Waals surface area contributed by atoms with E-state index in [9.17, 15) is 14.4 Å². The Morgan fingerprint density at radius 3 is 2.29 bits per heavy atom. The van der Waals surface area contributed by atoms with E-state index in [1.165, 1.54) is 0 Å². The van der Waals surface area contributed by atoms with Crippen molar-refractivity contribution in [3.05, 3.63) is 36.5 Å². The lowest BCUT2D eigenvalue weighted by atomic mass is 9.90. The van der Waals surface area contributed by atoms with Gasteiger partial charge in [-0.2, -0.15) is 0 Å². The van der Waals surface area contributed by atoms with Crippen LogP contribution in [0.3, 0.4) is 0 Å². The van der Waals surface area contributed by atoms with Gasteiger partial charge in [0.25, 0.3) is 0 Å². The van der Waals surface area contributed by atoms with E-state index < -0.39 is 18.1 Å². The van der Waals surface area contributed by atoms with Crippen LogP contribution in [0.25, 0.3) is 0 Å². The largest absolute Gasteiger partial charge is 0.379 e. The van der Waals surface area contributed by atoms with Gasteiger partial charge >= 0.3 is 0 Å². The van der Waals surface area contributed by atoms with Crippen molar-refractivity contribution in [3.63, 3.8) is 0 Å². The van der Waals surface area contributed by atoms with Gasteiger partial charge in [0.2, 0.25) is 17.7 Å². The van der Waals surface area contributed by atoms with Crippen LogP contribution in [0.15, 0.2) is 36.5 Å². The van der Waals surface area contributed by atoms with Gasteiger partial charge in [0.15, 0.2) is 0 Å². The Morgan fingerprint density at radius 1 is 1.10 bits per heavy atom. The Kier molecular flexibility index (Phi) is 17.0. The molecular formula is C34H59N3O5. The van der Waals surface area contributed by atoms with E-state index in [1.54, 1.807) is 25.2 Å². The smallest absolute Gasteiger partial charge is 0.225 e. The van der Waals surface area contributed by atoms with Gasteiger partial charge in [-0.15, -0.1) is 0 Å². The summed E-state index contributed by atoms with van der Waals surface area (Å²) in [5.41, 5.74) is 1.09. The lowest BCUT2D eigenvalue weighted by Crippen LogP contribution is -2.53. The molecule has 1 heterocycles. The van der Waals surface area contributed by atoms with Crippen molar-refractivity contribution in [1.29, 1.82) is 0 Å². The number of nitrogens with one attached hydrogen (secondary N) is 1. The van der Waals surface area contributed by atoms with E-state index in [0.29, 0.717) is 19.5 Å². The van der Waals surface area contributed by atoms with Crippen LogP contribution in [0.1, 0.15) is 80.6 Å². The number of carbonyl (C=O) groups excluding carboxylic acids is 3. The minimum absolute atomic E-state index is 0.0313. The SMILES string of the molecule is C=C/C=C(\C=C/C)C(C)CNC(=O)C(C)C(OC)C1CCCN1C(=O)CC(OC)C(C(C)CC)N(C)C(=O)CC(C)C. The van der Waals surface area contributed by atoms with Gasteiger partial charge in [-0.1, -0.05) is 78.8 Å². The third-order valence-electron chi connectivity index (χ3n) is 8.71. The first kappa shape index (κ1) is 37.6. The summed E-state index contributed by atoms with van der Waals surface area (Å²) in [5.74, 6) is 0.0224. The zero-order valence-electron chi connectivity index (χ0n) is 28.0. The van der Waals surface area contributed by atoms with Gasteiger partial charge in [0.1, 0.15) is 0 Å². The number of nitrogens with zero attached hydrogens (tertiary/aromatic N) is 2. The third kappa shape index (κ3) is 10.7. The number of hydrogen-bond acceptors (Lipinski definition) is 5. The van der Waals surface area contributed by atoms with Crippen LogP contribution in [-0.2, 0) is 23.9 Å². The number of allylic oxidation sites excluding steroid dienone is 4. The fraction of sp³-hybridized carbons (Fsp3) is 0.735. The average Bonchev–Trinajstić information content (AvgIpc) is 3.44. The van der Waals surface area contributed by atoms with E-state index in [-0.39, 0.29) is 54.0 Å². The molecule has 1 saturated heterocycles. The first-order valence-corrected chi connectivity index (χ1v) is 15.7. The highest BCUT2D eigenvalue weighted by Gasteiger charge is 2.41. The molecular weight excluding hydrogens is 530 g/mol. The zero-order chi connectivity index (χ0) is 32.0. The second kappa shape index (κ2) is 19.0. The van der Waals surface area contributed by atoms with E-state index in [2.05, 4.69) is 32.7 Å². The van der Waals surface area contributed by atoms with Crippen LogP contribution in [0.5, 0.6) is 0 Å². The number of amides is 3. The van der Waals surface area contributed by atoms with Gasteiger partial charge in [-0.3, -0.25) is 14.4 Å². The number of carbonyl (C=O) groups is 3. The third-order valence-corrected chi connectivity index (χ3v) is 8.71. The van der Waals surface area contributed by atoms with E-state index in [0.717, 1.165) is 24.8 Å². The van der Waals surface area contributed by atoms with Crippen molar-refractivity contribution in [1.82, 2.24) is 15.1 Å². The standard InChI is InChI=1S/C34H59N3O5/c1-12-16-27(17-13-2)25(7)22-35-34(40)26(8)33(42-11)28-18-15-19-37(28)31(39)21-29(41-10)32(24(6)14-3)36(9)30(38)20-23(4)5/h12-13,16-17,23-26,28-29,32-33H,1,14-15,18-22H2,2-11H3,(H,35,40)/b17-13-,27-16+. The first-order chi connectivity index (χ1) is 19.9. The molecule has 0 aromatic rings. The predicted octanol–water partition coefficient (Wildman–Crippen LogP) is 5.39. The number of hydrogen-bond donors (Lipinski definition) is 1. The summed E-state index contributed by atoms with van der Waals surface area (Å²) in [7, 11) is 5.06. The van der Waals surface area contributed by atoms with Crippen LogP contribution in [0.4, 0.5) is 0 Å². The molecule has 1 aliphatic heterocycles. The Labute approximate surface area is 255 Å². The summed E-state index contributed by atoms with van der Waals surface area (Å²) in [5, 5.41) is 3.08. The fourth-order valence-corrected chi connectivity index (χ4v) is 6.06.